The van der Waals surface area contributed by atoms with Crippen molar-refractivity contribution in [1.29, 1.82) is 0 Å². The minimum atomic E-state index is -0.147. The fourth-order valence-electron chi connectivity index (χ4n) is 2.37. The minimum absolute atomic E-state index is 0.147. The van der Waals surface area contributed by atoms with Crippen molar-refractivity contribution in [3.8, 4) is 5.75 Å². The van der Waals surface area contributed by atoms with Crippen molar-refractivity contribution in [2.45, 2.75) is 20.8 Å². The quantitative estimate of drug-likeness (QED) is 0.629. The van der Waals surface area contributed by atoms with Gasteiger partial charge in [-0.1, -0.05) is 0 Å². The maximum Gasteiger partial charge on any atom is 0.244 e. The molecule has 124 valence electrons. The summed E-state index contributed by atoms with van der Waals surface area (Å²) in [4.78, 5) is 11.9. The molecule has 2 rings (SSSR count). The van der Waals surface area contributed by atoms with E-state index in [2.05, 4.69) is 5.32 Å². The van der Waals surface area contributed by atoms with E-state index >= 15 is 0 Å². The molecule has 0 aliphatic rings. The molecule has 0 bridgehead atoms. The van der Waals surface area contributed by atoms with Crippen molar-refractivity contribution in [1.82, 2.24) is 5.32 Å². The van der Waals surface area contributed by atoms with Crippen LogP contribution in [0.15, 0.2) is 28.9 Å². The number of carbonyl (C=O) groups excluding carboxylic acids is 1. The lowest BCUT2D eigenvalue weighted by Gasteiger charge is -2.11. The van der Waals surface area contributed by atoms with Gasteiger partial charge in [-0.15, -0.1) is 0 Å². The van der Waals surface area contributed by atoms with Gasteiger partial charge in [0.15, 0.2) is 0 Å². The normalized spacial score (nSPS) is 11.7. The Bertz CT molecular complexity index is 715. The Balaban J connectivity index is 2.33. The number of fused-ring (bicyclic) bond motifs is 1. The Morgan fingerprint density at radius 3 is 2.87 bits per heavy atom. The van der Waals surface area contributed by atoms with Crippen LogP contribution in [0.25, 0.3) is 16.5 Å². The molecular weight excluding hydrogens is 294 g/mol. The molecule has 0 aliphatic carbocycles. The summed E-state index contributed by atoms with van der Waals surface area (Å²) in [7, 11) is 1.60. The maximum absolute atomic E-state index is 11.9. The first-order valence-electron chi connectivity index (χ1n) is 7.67. The van der Waals surface area contributed by atoms with Crippen molar-refractivity contribution < 1.29 is 18.7 Å². The summed E-state index contributed by atoms with van der Waals surface area (Å²) in [6.07, 6.45) is 3.30. The van der Waals surface area contributed by atoms with Crippen LogP contribution in [-0.4, -0.2) is 32.8 Å². The number of aryl methyl sites for hydroxylation is 1. The second kappa shape index (κ2) is 7.83. The number of ether oxygens (including phenoxy) is 2. The zero-order valence-corrected chi connectivity index (χ0v) is 14.1. The smallest absolute Gasteiger partial charge is 0.244 e. The summed E-state index contributed by atoms with van der Waals surface area (Å²) in [6, 6.07) is 3.88. The molecule has 1 heterocycles. The second-order valence-corrected chi connectivity index (χ2v) is 5.31. The molecule has 2 aromatic rings. The molecule has 0 atom stereocenters. The summed E-state index contributed by atoms with van der Waals surface area (Å²) >= 11 is 0. The summed E-state index contributed by atoms with van der Waals surface area (Å²) in [5.74, 6) is 0.568. The standard InChI is InChI=1S/C18H23NO4/c1-5-22-16-10-17-15(13(3)11-23-17)9-14(16)12(2)8-18(20)19-6-7-21-4/h8-11H,5-7H2,1-4H3,(H,19,20)/b12-8+. The molecule has 0 aliphatic heterocycles. The van der Waals surface area contributed by atoms with Crippen molar-refractivity contribution in [3.63, 3.8) is 0 Å². The monoisotopic (exact) mass is 317 g/mol. The molecule has 0 unspecified atom stereocenters. The highest BCUT2D eigenvalue weighted by atomic mass is 16.5. The summed E-state index contributed by atoms with van der Waals surface area (Å²) in [6.45, 7) is 7.34. The van der Waals surface area contributed by atoms with Crippen LogP contribution in [0, 0.1) is 6.92 Å². The largest absolute Gasteiger partial charge is 0.493 e. The van der Waals surface area contributed by atoms with Crippen LogP contribution in [0.4, 0.5) is 0 Å². The van der Waals surface area contributed by atoms with Gasteiger partial charge in [-0.05, 0) is 38.0 Å². The first-order valence-corrected chi connectivity index (χ1v) is 7.67. The van der Waals surface area contributed by atoms with Gasteiger partial charge in [-0.2, -0.15) is 0 Å². The van der Waals surface area contributed by atoms with E-state index in [-0.39, 0.29) is 5.91 Å². The van der Waals surface area contributed by atoms with Crippen molar-refractivity contribution in [3.05, 3.63) is 35.6 Å². The number of hydrogen-bond acceptors (Lipinski definition) is 4. The molecule has 0 radical (unpaired) electrons. The average molecular weight is 317 g/mol. The molecule has 5 heteroatoms. The van der Waals surface area contributed by atoms with E-state index in [1.165, 1.54) is 0 Å². The third-order valence-corrected chi connectivity index (χ3v) is 3.55. The maximum atomic E-state index is 11.9. The number of hydrogen-bond donors (Lipinski definition) is 1. The van der Waals surface area contributed by atoms with Crippen LogP contribution >= 0.6 is 0 Å². The highest BCUT2D eigenvalue weighted by Crippen LogP contribution is 2.33. The third-order valence-electron chi connectivity index (χ3n) is 3.55. The summed E-state index contributed by atoms with van der Waals surface area (Å²) < 4.78 is 16.1. The van der Waals surface area contributed by atoms with Gasteiger partial charge in [0.25, 0.3) is 0 Å². The first-order chi connectivity index (χ1) is 11.1. The molecule has 0 fully saturated rings. The number of methoxy groups -OCH3 is 1. The molecule has 5 nitrogen and oxygen atoms in total. The lowest BCUT2D eigenvalue weighted by atomic mass is 10.0. The van der Waals surface area contributed by atoms with E-state index in [1.807, 2.05) is 32.9 Å². The summed E-state index contributed by atoms with van der Waals surface area (Å²) in [5, 5.41) is 3.80. The minimum Gasteiger partial charge on any atom is -0.493 e. The fraction of sp³-hybridized carbons (Fsp3) is 0.389. The van der Waals surface area contributed by atoms with Crippen LogP contribution in [0.1, 0.15) is 25.0 Å². The van der Waals surface area contributed by atoms with E-state index in [0.29, 0.717) is 25.5 Å². The zero-order valence-electron chi connectivity index (χ0n) is 14.1. The predicted octanol–water partition coefficient (Wildman–Crippen LogP) is 3.31. The molecule has 1 aromatic carbocycles. The molecule has 1 N–H and O–H groups in total. The predicted molar refractivity (Wildman–Crippen MR) is 90.7 cm³/mol. The Hall–Kier alpha value is -2.27. The lowest BCUT2D eigenvalue weighted by Crippen LogP contribution is -2.25. The highest BCUT2D eigenvalue weighted by molar-refractivity contribution is 5.97. The number of carbonyl (C=O) groups is 1. The van der Waals surface area contributed by atoms with Gasteiger partial charge in [0, 0.05) is 36.7 Å². The van der Waals surface area contributed by atoms with Crippen molar-refractivity contribution in [2.24, 2.45) is 0 Å². The Labute approximate surface area is 136 Å². The average Bonchev–Trinajstić information content (AvgIpc) is 2.87. The number of nitrogens with one attached hydrogen (secondary N) is 1. The number of furan rings is 1. The van der Waals surface area contributed by atoms with Gasteiger partial charge in [0.1, 0.15) is 11.3 Å². The van der Waals surface area contributed by atoms with Gasteiger partial charge in [-0.25, -0.2) is 0 Å². The number of benzene rings is 1. The number of allylic oxidation sites excluding steroid dienone is 1. The SMILES string of the molecule is CCOc1cc2occ(C)c2cc1/C(C)=C/C(=O)NCCOC. The van der Waals surface area contributed by atoms with E-state index in [0.717, 1.165) is 27.7 Å². The van der Waals surface area contributed by atoms with Gasteiger partial charge in [-0.3, -0.25) is 4.79 Å². The second-order valence-electron chi connectivity index (χ2n) is 5.31. The molecule has 1 aromatic heterocycles. The van der Waals surface area contributed by atoms with Crippen LogP contribution in [0.3, 0.4) is 0 Å². The van der Waals surface area contributed by atoms with E-state index < -0.39 is 0 Å². The first kappa shape index (κ1) is 17.1. The number of amides is 1. The van der Waals surface area contributed by atoms with Crippen LogP contribution < -0.4 is 10.1 Å². The molecule has 23 heavy (non-hydrogen) atoms. The topological polar surface area (TPSA) is 60.7 Å². The van der Waals surface area contributed by atoms with Gasteiger partial charge in [0.05, 0.1) is 19.5 Å². The van der Waals surface area contributed by atoms with Gasteiger partial charge in [0.2, 0.25) is 5.91 Å². The third kappa shape index (κ3) is 4.13. The van der Waals surface area contributed by atoms with Gasteiger partial charge < -0.3 is 19.2 Å². The van der Waals surface area contributed by atoms with Crippen LogP contribution in [-0.2, 0) is 9.53 Å². The number of rotatable bonds is 7. The van der Waals surface area contributed by atoms with Gasteiger partial charge >= 0.3 is 0 Å². The lowest BCUT2D eigenvalue weighted by molar-refractivity contribution is -0.116. The molecule has 0 spiro atoms. The Morgan fingerprint density at radius 2 is 2.17 bits per heavy atom. The zero-order chi connectivity index (χ0) is 16.8. The Kier molecular flexibility index (Phi) is 5.82. The Morgan fingerprint density at radius 1 is 1.39 bits per heavy atom. The van der Waals surface area contributed by atoms with Crippen LogP contribution in [0.2, 0.25) is 0 Å². The summed E-state index contributed by atoms with van der Waals surface area (Å²) in [5.41, 5.74) is 3.57. The molecule has 0 saturated heterocycles. The van der Waals surface area contributed by atoms with E-state index in [1.54, 1.807) is 19.4 Å². The molecular formula is C18H23NO4. The van der Waals surface area contributed by atoms with E-state index in [4.69, 9.17) is 13.9 Å². The fourth-order valence-corrected chi connectivity index (χ4v) is 2.37. The van der Waals surface area contributed by atoms with Crippen molar-refractivity contribution >= 4 is 22.4 Å². The van der Waals surface area contributed by atoms with Crippen molar-refractivity contribution in [2.75, 3.05) is 26.9 Å². The molecule has 0 saturated carbocycles. The van der Waals surface area contributed by atoms with Crippen LogP contribution in [0.5, 0.6) is 5.75 Å². The molecule has 1 amide bonds. The highest BCUT2D eigenvalue weighted by Gasteiger charge is 2.12. The van der Waals surface area contributed by atoms with E-state index in [9.17, 15) is 4.79 Å².